The number of hydrogen-bond donors (Lipinski definition) is 1. The molecule has 0 saturated carbocycles. The molecule has 2 unspecified atom stereocenters. The lowest BCUT2D eigenvalue weighted by Crippen LogP contribution is -2.44. The Kier molecular flexibility index (Phi) is 4.09. The lowest BCUT2D eigenvalue weighted by Gasteiger charge is -2.31. The zero-order chi connectivity index (χ0) is 12.4. The zero-order valence-electron chi connectivity index (χ0n) is 8.46. The molecule has 1 rings (SSSR count). The quantitative estimate of drug-likeness (QED) is 0.741. The van der Waals surface area contributed by atoms with Gasteiger partial charge in [-0.3, -0.25) is 0 Å². The third-order valence-corrected chi connectivity index (χ3v) is 2.76. The summed E-state index contributed by atoms with van der Waals surface area (Å²) in [4.78, 5) is 0. The molecule has 0 spiro atoms. The Morgan fingerprint density at radius 2 is 1.62 bits per heavy atom. The molecular formula is C9H13F6N. The van der Waals surface area contributed by atoms with E-state index in [1.165, 1.54) is 0 Å². The number of rotatable bonds is 2. The van der Waals surface area contributed by atoms with Gasteiger partial charge in [0.25, 0.3) is 0 Å². The van der Waals surface area contributed by atoms with E-state index in [1.807, 2.05) is 0 Å². The van der Waals surface area contributed by atoms with Crippen molar-refractivity contribution < 1.29 is 26.3 Å². The van der Waals surface area contributed by atoms with Crippen LogP contribution in [0.1, 0.15) is 25.7 Å². The molecule has 0 amide bonds. The van der Waals surface area contributed by atoms with Crippen molar-refractivity contribution in [3.63, 3.8) is 0 Å². The summed E-state index contributed by atoms with van der Waals surface area (Å²) >= 11 is 0. The van der Waals surface area contributed by atoms with Crippen molar-refractivity contribution in [2.75, 3.05) is 6.54 Å². The monoisotopic (exact) mass is 249 g/mol. The molecule has 0 radical (unpaired) electrons. The summed E-state index contributed by atoms with van der Waals surface area (Å²) in [6.45, 7) is -0.272. The minimum atomic E-state index is -4.25. The number of alkyl halides is 6. The van der Waals surface area contributed by atoms with Gasteiger partial charge in [-0.25, -0.2) is 0 Å². The molecule has 1 fully saturated rings. The van der Waals surface area contributed by atoms with Gasteiger partial charge in [0.2, 0.25) is 0 Å². The molecule has 0 aliphatic carbocycles. The van der Waals surface area contributed by atoms with E-state index < -0.39 is 30.7 Å². The van der Waals surface area contributed by atoms with E-state index in [0.29, 0.717) is 0 Å². The fourth-order valence-corrected chi connectivity index (χ4v) is 1.78. The van der Waals surface area contributed by atoms with Gasteiger partial charge in [0.1, 0.15) is 0 Å². The average molecular weight is 249 g/mol. The van der Waals surface area contributed by atoms with Crippen LogP contribution in [0.25, 0.3) is 0 Å². The Balaban J connectivity index is 2.28. The molecule has 0 aromatic heterocycles. The second-order valence-electron chi connectivity index (χ2n) is 4.07. The third kappa shape index (κ3) is 4.59. The van der Waals surface area contributed by atoms with E-state index in [2.05, 4.69) is 5.32 Å². The van der Waals surface area contributed by atoms with Crippen LogP contribution in [-0.2, 0) is 0 Å². The molecule has 0 aromatic carbocycles. The summed E-state index contributed by atoms with van der Waals surface area (Å²) < 4.78 is 72.3. The van der Waals surface area contributed by atoms with Crippen molar-refractivity contribution in [3.8, 4) is 0 Å². The van der Waals surface area contributed by atoms with Gasteiger partial charge in [-0.15, -0.1) is 0 Å². The van der Waals surface area contributed by atoms with Gasteiger partial charge in [-0.1, -0.05) is 0 Å². The van der Waals surface area contributed by atoms with Crippen LogP contribution in [0.4, 0.5) is 26.3 Å². The van der Waals surface area contributed by atoms with Crippen molar-refractivity contribution in [1.29, 1.82) is 0 Å². The van der Waals surface area contributed by atoms with E-state index in [4.69, 9.17) is 0 Å². The van der Waals surface area contributed by atoms with Crippen molar-refractivity contribution in [1.82, 2.24) is 5.32 Å². The van der Waals surface area contributed by atoms with E-state index in [0.717, 1.165) is 0 Å². The van der Waals surface area contributed by atoms with Crippen molar-refractivity contribution in [3.05, 3.63) is 0 Å². The number of piperidine rings is 1. The van der Waals surface area contributed by atoms with Gasteiger partial charge in [-0.2, -0.15) is 26.3 Å². The highest BCUT2D eigenvalue weighted by Crippen LogP contribution is 2.33. The van der Waals surface area contributed by atoms with E-state index in [9.17, 15) is 26.3 Å². The van der Waals surface area contributed by atoms with Gasteiger partial charge in [0.05, 0.1) is 5.92 Å². The summed E-state index contributed by atoms with van der Waals surface area (Å²) in [7, 11) is 0. The first-order valence-electron chi connectivity index (χ1n) is 5.05. The first-order chi connectivity index (χ1) is 7.18. The molecule has 96 valence electrons. The fourth-order valence-electron chi connectivity index (χ4n) is 1.78. The normalized spacial score (nSPS) is 28.1. The first-order valence-corrected chi connectivity index (χ1v) is 5.05. The molecular weight excluding hydrogens is 236 g/mol. The van der Waals surface area contributed by atoms with Crippen LogP contribution in [0.2, 0.25) is 0 Å². The summed E-state index contributed by atoms with van der Waals surface area (Å²) in [5, 5.41) is 2.53. The molecule has 0 bridgehead atoms. The topological polar surface area (TPSA) is 12.0 Å². The molecule has 7 heteroatoms. The van der Waals surface area contributed by atoms with Gasteiger partial charge < -0.3 is 5.32 Å². The van der Waals surface area contributed by atoms with Crippen LogP contribution in [0.5, 0.6) is 0 Å². The second kappa shape index (κ2) is 4.81. The van der Waals surface area contributed by atoms with Crippen molar-refractivity contribution in [2.45, 2.75) is 44.1 Å². The lowest BCUT2D eigenvalue weighted by atomic mass is 9.92. The summed E-state index contributed by atoms with van der Waals surface area (Å²) in [6.07, 6.45) is -9.50. The van der Waals surface area contributed by atoms with Gasteiger partial charge in [-0.05, 0) is 19.3 Å². The van der Waals surface area contributed by atoms with Crippen LogP contribution < -0.4 is 5.32 Å². The van der Waals surface area contributed by atoms with E-state index in [-0.39, 0.29) is 25.8 Å². The molecule has 1 heterocycles. The second-order valence-corrected chi connectivity index (χ2v) is 4.07. The maximum atomic E-state index is 12.2. The van der Waals surface area contributed by atoms with Crippen LogP contribution in [0, 0.1) is 5.92 Å². The smallest absolute Gasteiger partial charge is 0.313 e. The summed E-state index contributed by atoms with van der Waals surface area (Å²) in [5.74, 6) is -1.42. The number of nitrogens with one attached hydrogen (secondary N) is 1. The molecule has 2 atom stereocenters. The molecule has 16 heavy (non-hydrogen) atoms. The summed E-state index contributed by atoms with van der Waals surface area (Å²) in [5.41, 5.74) is 0. The van der Waals surface area contributed by atoms with Gasteiger partial charge in [0.15, 0.2) is 0 Å². The minimum Gasteiger partial charge on any atom is -0.313 e. The minimum absolute atomic E-state index is 0.0843. The molecule has 1 N–H and O–H groups in total. The first kappa shape index (κ1) is 13.6. The highest BCUT2D eigenvalue weighted by Gasteiger charge is 2.41. The largest absolute Gasteiger partial charge is 0.393 e. The van der Waals surface area contributed by atoms with Gasteiger partial charge in [0, 0.05) is 19.0 Å². The zero-order valence-corrected chi connectivity index (χ0v) is 8.46. The number of hydrogen-bond acceptors (Lipinski definition) is 1. The Bertz CT molecular complexity index is 213. The van der Waals surface area contributed by atoms with Crippen LogP contribution in [0.3, 0.4) is 0 Å². The Morgan fingerprint density at radius 1 is 1.00 bits per heavy atom. The molecule has 1 nitrogen and oxygen atoms in total. The molecule has 1 aliphatic rings. The Hall–Kier alpha value is -0.460. The van der Waals surface area contributed by atoms with Crippen LogP contribution in [-0.4, -0.2) is 24.9 Å². The maximum Gasteiger partial charge on any atom is 0.393 e. The molecule has 0 aromatic rings. The predicted octanol–water partition coefficient (Wildman–Crippen LogP) is 3.26. The molecule has 1 aliphatic heterocycles. The average Bonchev–Trinajstić information content (AvgIpc) is 2.13. The maximum absolute atomic E-state index is 12.2. The lowest BCUT2D eigenvalue weighted by molar-refractivity contribution is -0.180. The Labute approximate surface area is 89.2 Å². The third-order valence-electron chi connectivity index (χ3n) is 2.76. The predicted molar refractivity (Wildman–Crippen MR) is 45.9 cm³/mol. The van der Waals surface area contributed by atoms with Crippen molar-refractivity contribution >= 4 is 0 Å². The van der Waals surface area contributed by atoms with Crippen LogP contribution >= 0.6 is 0 Å². The Morgan fingerprint density at radius 3 is 2.00 bits per heavy atom. The SMILES string of the molecule is FC(F)(F)CCC1CCC(C(F)(F)F)CN1. The highest BCUT2D eigenvalue weighted by atomic mass is 19.4. The van der Waals surface area contributed by atoms with E-state index in [1.54, 1.807) is 0 Å². The highest BCUT2D eigenvalue weighted by molar-refractivity contribution is 4.81. The number of halogens is 6. The fraction of sp³-hybridized carbons (Fsp3) is 1.00. The van der Waals surface area contributed by atoms with Crippen LogP contribution in [0.15, 0.2) is 0 Å². The summed E-state index contributed by atoms with van der Waals surface area (Å²) in [6, 6.07) is -0.444. The molecule has 1 saturated heterocycles. The van der Waals surface area contributed by atoms with Gasteiger partial charge >= 0.3 is 12.4 Å². The van der Waals surface area contributed by atoms with E-state index >= 15 is 0 Å². The van der Waals surface area contributed by atoms with Crippen molar-refractivity contribution in [2.24, 2.45) is 5.92 Å². The standard InChI is InChI=1S/C9H13F6N/c10-8(11,12)4-3-7-2-1-6(5-16-7)9(13,14)15/h6-7,16H,1-5H2.